The van der Waals surface area contributed by atoms with Crippen LogP contribution in [0.3, 0.4) is 0 Å². The molecule has 2 aliphatic heterocycles. The van der Waals surface area contributed by atoms with Gasteiger partial charge in [0.2, 0.25) is 11.8 Å². The number of hydrogen-bond donors (Lipinski definition) is 1. The Morgan fingerprint density at radius 2 is 1.82 bits per heavy atom. The number of carbonyl (C=O) groups is 4. The molecule has 0 bridgehead atoms. The largest absolute Gasteiger partial charge is 0.491 e. The normalized spacial score (nSPS) is 33.7. The summed E-state index contributed by atoms with van der Waals surface area (Å²) >= 11 is 15.9. The van der Waals surface area contributed by atoms with E-state index in [1.54, 1.807) is 24.3 Å². The first-order valence-corrected chi connectivity index (χ1v) is 14.4. The number of likely N-dealkylation sites (tertiary alicyclic amines) is 2. The van der Waals surface area contributed by atoms with Crippen LogP contribution >= 0.6 is 34.5 Å². The monoisotopic (exact) mass is 588 g/mol. The molecule has 6 atom stereocenters. The van der Waals surface area contributed by atoms with Gasteiger partial charge >= 0.3 is 0 Å². The van der Waals surface area contributed by atoms with Crippen LogP contribution in [-0.2, 0) is 25.7 Å². The summed E-state index contributed by atoms with van der Waals surface area (Å²) in [4.78, 5) is 54.0. The summed E-state index contributed by atoms with van der Waals surface area (Å²) in [7, 11) is 1.36. The quantitative estimate of drug-likeness (QED) is 0.315. The molecule has 6 rings (SSSR count). The van der Waals surface area contributed by atoms with Crippen LogP contribution in [0.25, 0.3) is 0 Å². The second-order valence-electron chi connectivity index (χ2n) is 10.4. The first-order valence-electron chi connectivity index (χ1n) is 12.8. The fourth-order valence-corrected chi connectivity index (χ4v) is 8.58. The van der Waals surface area contributed by atoms with E-state index in [-0.39, 0.29) is 38.0 Å². The molecule has 2 saturated heterocycles. The van der Waals surface area contributed by atoms with Gasteiger partial charge in [-0.1, -0.05) is 35.9 Å². The number of benzene rings is 1. The average molecular weight is 589 g/mol. The lowest BCUT2D eigenvalue weighted by atomic mass is 9.56. The number of ether oxygens (including phenoxy) is 1. The Kier molecular flexibility index (Phi) is 6.41. The Bertz CT molecular complexity index is 1410. The number of carbonyl (C=O) groups excluding carboxylic acids is 4. The number of fused-ring (bicyclic) bond motifs is 4. The Morgan fingerprint density at radius 3 is 2.54 bits per heavy atom. The molecule has 11 heteroatoms. The summed E-state index contributed by atoms with van der Waals surface area (Å²) in [6.07, 6.45) is 2.15. The van der Waals surface area contributed by atoms with Crippen molar-refractivity contribution in [2.45, 2.75) is 35.1 Å². The van der Waals surface area contributed by atoms with Crippen molar-refractivity contribution in [2.75, 3.05) is 20.3 Å². The van der Waals surface area contributed by atoms with E-state index in [4.69, 9.17) is 27.9 Å². The fourth-order valence-electron chi connectivity index (χ4n) is 6.88. The molecule has 3 heterocycles. The van der Waals surface area contributed by atoms with Gasteiger partial charge in [-0.05, 0) is 36.3 Å². The molecular weight excluding hydrogens is 563 g/mol. The van der Waals surface area contributed by atoms with Crippen molar-refractivity contribution in [1.82, 2.24) is 9.80 Å². The molecule has 3 fully saturated rings. The highest BCUT2D eigenvalue weighted by molar-refractivity contribution is 7.09. The van der Waals surface area contributed by atoms with Crippen LogP contribution in [0.1, 0.15) is 29.2 Å². The molecule has 2 aliphatic carbocycles. The number of alkyl halides is 2. The van der Waals surface area contributed by atoms with Gasteiger partial charge in [-0.3, -0.25) is 29.0 Å². The number of nitrogens with zero attached hydrogens (tertiary/aromatic N) is 2. The molecule has 204 valence electrons. The molecule has 2 aromatic rings. The first-order chi connectivity index (χ1) is 18.6. The zero-order chi connectivity index (χ0) is 27.7. The Morgan fingerprint density at radius 1 is 1.05 bits per heavy atom. The first kappa shape index (κ1) is 26.5. The number of imide groups is 2. The SMILES string of the molecule is CN1C(=O)[C@]2(Cl)C[C@@H]3C(=CC[C@@H]4C(=O)N(Cc5cccs5)C(=O)[C@@H]43)[C@H](c3ccccc3OCCO)[C@]2(Cl)C1=O. The van der Waals surface area contributed by atoms with E-state index in [2.05, 4.69) is 0 Å². The maximum Gasteiger partial charge on any atom is 0.253 e. The highest BCUT2D eigenvalue weighted by atomic mass is 35.5. The van der Waals surface area contributed by atoms with Crippen LogP contribution in [-0.4, -0.2) is 68.5 Å². The van der Waals surface area contributed by atoms with Crippen molar-refractivity contribution in [3.63, 3.8) is 0 Å². The van der Waals surface area contributed by atoms with Crippen LogP contribution in [0, 0.1) is 17.8 Å². The van der Waals surface area contributed by atoms with Crippen LogP contribution in [0.5, 0.6) is 5.75 Å². The lowest BCUT2D eigenvalue weighted by Gasteiger charge is -2.51. The highest BCUT2D eigenvalue weighted by Crippen LogP contribution is 2.66. The summed E-state index contributed by atoms with van der Waals surface area (Å²) in [6, 6.07) is 10.7. The molecule has 1 aromatic carbocycles. The second kappa shape index (κ2) is 9.44. The van der Waals surface area contributed by atoms with Gasteiger partial charge in [-0.15, -0.1) is 34.5 Å². The van der Waals surface area contributed by atoms with Crippen LogP contribution in [0.2, 0.25) is 0 Å². The smallest absolute Gasteiger partial charge is 0.253 e. The van der Waals surface area contributed by atoms with Gasteiger partial charge in [0.05, 0.1) is 25.0 Å². The van der Waals surface area contributed by atoms with E-state index >= 15 is 0 Å². The molecule has 1 aromatic heterocycles. The molecule has 8 nitrogen and oxygen atoms in total. The van der Waals surface area contributed by atoms with Gasteiger partial charge < -0.3 is 9.84 Å². The van der Waals surface area contributed by atoms with Crippen LogP contribution in [0.15, 0.2) is 53.4 Å². The Labute approximate surface area is 239 Å². The third-order valence-electron chi connectivity index (χ3n) is 8.58. The fraction of sp³-hybridized carbons (Fsp3) is 0.429. The molecule has 0 unspecified atom stereocenters. The van der Waals surface area contributed by atoms with Crippen molar-refractivity contribution in [1.29, 1.82) is 0 Å². The third kappa shape index (κ3) is 3.59. The Balaban J connectivity index is 1.49. The number of allylic oxidation sites excluding steroid dienone is 2. The van der Waals surface area contributed by atoms with Crippen molar-refractivity contribution in [3.8, 4) is 5.75 Å². The number of para-hydroxylation sites is 1. The standard InChI is InChI=1S/C28H26Cl2N2O6S/c1-31-25(36)27(29)13-19-16(8-9-18-21(19)24(35)32(23(18)34)14-15-5-4-12-39-15)22(28(27,30)26(31)37)17-6-2-3-7-20(17)38-11-10-33/h2-8,12,18-19,21-22,33H,9-11,13-14H2,1H3/t18-,19+,21-,22+,27+,28-/m0/s1. The third-order valence-corrected chi connectivity index (χ3v) is 10.9. The number of thiophene rings is 1. The predicted molar refractivity (Wildman–Crippen MR) is 144 cm³/mol. The van der Waals surface area contributed by atoms with Gasteiger partial charge in [-0.2, -0.15) is 0 Å². The van der Waals surface area contributed by atoms with Gasteiger partial charge in [-0.25, -0.2) is 0 Å². The van der Waals surface area contributed by atoms with Gasteiger partial charge in [0.1, 0.15) is 12.4 Å². The Hall–Kier alpha value is -2.72. The summed E-state index contributed by atoms with van der Waals surface area (Å²) in [5.41, 5.74) is 1.24. The molecule has 4 amide bonds. The van der Waals surface area contributed by atoms with Gasteiger partial charge in [0.15, 0.2) is 9.75 Å². The van der Waals surface area contributed by atoms with Crippen molar-refractivity contribution in [2.24, 2.45) is 17.8 Å². The minimum atomic E-state index is -1.88. The maximum absolute atomic E-state index is 13.9. The highest BCUT2D eigenvalue weighted by Gasteiger charge is 2.76. The predicted octanol–water partition coefficient (Wildman–Crippen LogP) is 3.31. The van der Waals surface area contributed by atoms with Gasteiger partial charge in [0.25, 0.3) is 11.8 Å². The average Bonchev–Trinajstić information content (AvgIpc) is 3.57. The molecule has 0 radical (unpaired) electrons. The van der Waals surface area contributed by atoms with E-state index < -0.39 is 45.2 Å². The van der Waals surface area contributed by atoms with Crippen molar-refractivity contribution < 1.29 is 29.0 Å². The van der Waals surface area contributed by atoms with E-state index in [0.717, 1.165) is 9.78 Å². The summed E-state index contributed by atoms with van der Waals surface area (Å²) in [5.74, 6) is -4.20. The minimum Gasteiger partial charge on any atom is -0.491 e. The van der Waals surface area contributed by atoms with Gasteiger partial charge in [0, 0.05) is 23.4 Å². The zero-order valence-corrected chi connectivity index (χ0v) is 23.3. The topological polar surface area (TPSA) is 104 Å². The summed E-state index contributed by atoms with van der Waals surface area (Å²) < 4.78 is 5.82. The number of aliphatic hydroxyl groups excluding tert-OH is 1. The number of aliphatic hydroxyl groups is 1. The number of hydrogen-bond acceptors (Lipinski definition) is 7. The molecule has 1 saturated carbocycles. The minimum absolute atomic E-state index is 0.00958. The number of amides is 4. The summed E-state index contributed by atoms with van der Waals surface area (Å²) in [6.45, 7) is -0.0245. The molecule has 39 heavy (non-hydrogen) atoms. The van der Waals surface area contributed by atoms with E-state index in [0.29, 0.717) is 23.3 Å². The molecule has 0 spiro atoms. The van der Waals surface area contributed by atoms with E-state index in [1.165, 1.54) is 23.3 Å². The molecule has 4 aliphatic rings. The number of rotatable bonds is 6. The lowest BCUT2D eigenvalue weighted by Crippen LogP contribution is -2.60. The van der Waals surface area contributed by atoms with Crippen LogP contribution < -0.4 is 4.74 Å². The molecule has 1 N–H and O–H groups in total. The van der Waals surface area contributed by atoms with Crippen LogP contribution in [0.4, 0.5) is 0 Å². The van der Waals surface area contributed by atoms with E-state index in [1.807, 2.05) is 23.6 Å². The second-order valence-corrected chi connectivity index (χ2v) is 12.7. The lowest BCUT2D eigenvalue weighted by molar-refractivity contribution is -0.141. The summed E-state index contributed by atoms with van der Waals surface area (Å²) in [5, 5.41) is 11.3. The number of halogens is 2. The zero-order valence-electron chi connectivity index (χ0n) is 21.0. The van der Waals surface area contributed by atoms with Crippen molar-refractivity contribution in [3.05, 3.63) is 63.9 Å². The molecular formula is C28H26Cl2N2O6S. The maximum atomic E-state index is 13.9. The van der Waals surface area contributed by atoms with Crippen molar-refractivity contribution >= 4 is 58.2 Å². The van der Waals surface area contributed by atoms with E-state index in [9.17, 15) is 24.3 Å².